The van der Waals surface area contributed by atoms with Crippen LogP contribution in [0.1, 0.15) is 160 Å². The van der Waals surface area contributed by atoms with E-state index in [4.69, 9.17) is 106 Å². The number of H-pyrrole nitrogens is 5. The standard InChI is InChI=1S/3C17H22N6O.2C16H20N6O/c3*1-11-5-6-23(15(24)8-18-3)9-14(11)22(4)17-13-7-12(2)21-16(13)19-10-20-17;2*1-11-5-7-22(14(23)8-17-2)9-13(11)21(3)16-12-4-6-18-15(12)19-10-20-16/h3*7,10-11,14H,5-6,8-9H2,1-2,4H3,(H,19,20,21);2*4,6,10-11,13H,5,7-9H2,1,3H3,(H,18,19,20)/t3*11-,14+;2*11-,13+/m11111/s1/i1D3,4D3,5D2,6D2,7D,8D2,9D2,11D,14D;4D3,5D2,6D2,7D,8D2,9D2,11D,14D;1D3,4D3,5D2,6D2,7D,8D2,9D2,14D;1D3,8D2,10D;8D2,10D. The van der Waals surface area contributed by atoms with Crippen LogP contribution in [0, 0.1) is 83.2 Å². The van der Waals surface area contributed by atoms with Crippen LogP contribution in [0.4, 0.5) is 29.1 Å². The molecule has 15 heterocycles. The Balaban J connectivity index is 0.000000205. The quantitative estimate of drug-likeness (QED) is 0.0599. The second-order valence-electron chi connectivity index (χ2n) is 25.3. The van der Waals surface area contributed by atoms with Gasteiger partial charge in [-0.2, -0.15) is 0 Å². The van der Waals surface area contributed by atoms with Crippen LogP contribution in [0.15, 0.2) is 74.2 Å². The van der Waals surface area contributed by atoms with E-state index in [9.17, 15) is 28.1 Å². The molecule has 0 aromatic carbocycles. The monoisotopic (exact) mass is 1660 g/mol. The highest BCUT2D eigenvalue weighted by Gasteiger charge is 2.39. The Hall–Kier alpha value is -13.1. The Morgan fingerprint density at radius 3 is 1.21 bits per heavy atom. The summed E-state index contributed by atoms with van der Waals surface area (Å²) < 4.78 is 461. The molecule has 0 radical (unpaired) electrons. The van der Waals surface area contributed by atoms with Gasteiger partial charge in [0.1, 0.15) is 105 Å². The van der Waals surface area contributed by atoms with Gasteiger partial charge in [-0.3, -0.25) is 24.0 Å². The van der Waals surface area contributed by atoms with Gasteiger partial charge in [-0.15, -0.1) is 0 Å². The molecule has 5 aliphatic heterocycles. The van der Waals surface area contributed by atoms with Crippen LogP contribution in [0.5, 0.6) is 0 Å². The zero-order chi connectivity index (χ0) is 134. The minimum atomic E-state index is -4.44. The summed E-state index contributed by atoms with van der Waals surface area (Å²) >= 11 is 0. The highest BCUT2D eigenvalue weighted by Crippen LogP contribution is 2.36. The van der Waals surface area contributed by atoms with Gasteiger partial charge >= 0.3 is 29.5 Å². The summed E-state index contributed by atoms with van der Waals surface area (Å²) in [6.07, 6.45) is -6.01. The minimum absolute atomic E-state index is 0.0499. The van der Waals surface area contributed by atoms with E-state index in [1.807, 2.05) is 18.0 Å². The van der Waals surface area contributed by atoms with Gasteiger partial charge in [0, 0.05) is 174 Å². The Bertz CT molecular complexity index is 8170. The molecule has 0 bridgehead atoms. The van der Waals surface area contributed by atoms with Gasteiger partial charge in [0.2, 0.25) is 0 Å². The van der Waals surface area contributed by atoms with Crippen LogP contribution < -0.4 is 24.5 Å². The topological polar surface area (TPSA) is 347 Å². The summed E-state index contributed by atoms with van der Waals surface area (Å²) in [6.45, 7) is -20.6. The molecular weight excluding hydrogens is 1500 g/mol. The van der Waals surface area contributed by atoms with Crippen molar-refractivity contribution in [3.63, 3.8) is 0 Å². The maximum Gasteiger partial charge on any atom is 0.302 e. The first-order valence-corrected chi connectivity index (χ1v) is 34.4. The summed E-state index contributed by atoms with van der Waals surface area (Å²) in [5, 5.41) is 0.0810. The third-order valence-electron chi connectivity index (χ3n) is 17.8. The van der Waals surface area contributed by atoms with Crippen LogP contribution in [-0.2, 0) is 24.0 Å². The van der Waals surface area contributed by atoms with E-state index >= 15 is 0 Å². The van der Waals surface area contributed by atoms with E-state index in [0.29, 0.717) is 61.1 Å². The van der Waals surface area contributed by atoms with Crippen molar-refractivity contribution in [2.24, 2.45) is 29.5 Å². The Labute approximate surface area is 766 Å². The average Bonchev–Trinajstić information content (AvgIpc) is 0.882. The van der Waals surface area contributed by atoms with Crippen molar-refractivity contribution in [1.29, 1.82) is 0 Å². The van der Waals surface area contributed by atoms with Crippen molar-refractivity contribution in [2.45, 2.75) is 117 Å². The molecule has 5 saturated heterocycles. The lowest BCUT2D eigenvalue weighted by Gasteiger charge is -2.41. The summed E-state index contributed by atoms with van der Waals surface area (Å²) in [6, 6.07) is -10.9. The summed E-state index contributed by atoms with van der Waals surface area (Å²) in [7, 11) is 3.49. The number of nitrogens with one attached hydrogen (secondary N) is 5. The Kier molecular flexibility index (Phi) is 12.8. The van der Waals surface area contributed by atoms with Crippen molar-refractivity contribution >= 4 is 114 Å². The van der Waals surface area contributed by atoms with Crippen LogP contribution in [0.25, 0.3) is 79.4 Å². The number of anilines is 5. The lowest BCUT2D eigenvalue weighted by molar-refractivity contribution is -0.131. The molecule has 15 rings (SSSR count). The second kappa shape index (κ2) is 39.0. The first kappa shape index (κ1) is 38.8. The lowest BCUT2D eigenvalue weighted by atomic mass is 9.92. The molecular formula is C83H106N30O5. The van der Waals surface area contributed by atoms with Crippen LogP contribution in [0.2, 0.25) is 0 Å². The van der Waals surface area contributed by atoms with Crippen molar-refractivity contribution in [1.82, 2.24) is 99.3 Å². The van der Waals surface area contributed by atoms with Gasteiger partial charge in [0.25, 0.3) is 32.5 Å². The van der Waals surface area contributed by atoms with E-state index in [-0.39, 0.29) is 99.3 Å². The molecule has 0 unspecified atom stereocenters. The fourth-order valence-electron chi connectivity index (χ4n) is 12.1. The second-order valence-corrected chi connectivity index (χ2v) is 25.3. The number of piperidine rings is 5. The Morgan fingerprint density at radius 1 is 0.458 bits per heavy atom. The van der Waals surface area contributed by atoms with E-state index < -0.39 is 269 Å². The van der Waals surface area contributed by atoms with Crippen molar-refractivity contribution in [2.75, 3.05) is 157 Å². The first-order chi connectivity index (χ1) is 78.4. The number of amides is 5. The molecule has 0 aliphatic carbocycles. The van der Waals surface area contributed by atoms with Gasteiger partial charge in [0.15, 0.2) is 0 Å². The van der Waals surface area contributed by atoms with E-state index in [1.165, 1.54) is 30.6 Å². The SMILES string of the molecule is [2H]c1c(C)[nH]c2ncnc(N(C([2H])([2H])[2H])[C@@]3([2H])C([2H])([2H])N(C(=O)C([2H])([2H])[N+]#[C-])C([2H])([2H])C([2H])([2H])[C@@]3([2H])C([2H])([2H])[2H])c12.[2H]c1c(C)[nH]c2ncnc(N(C([2H])([2H])[2H])[C@@]3([2H])C([2H])([2H])N(C(=O)C([2H])([2H])[N+]#[C-])C([2H])([2H])C([2H])([2H])[C@@]3([2H])C)c12.[2H]c1c(C)[nH]c2ncnc(N(C([2H])([2H])[2H])[C@]3([2H])[C@H](C([2H])([2H])[2H])C([2H])([2H])C([2H])([2H])N(C(=O)C([2H])([2H])[N+]#[C-])C3([2H])[2H])c12.[2H]c1nc(N(C)[C@H]2CN(C(=O)C([2H])([2H])[N+]#[C-])CC[C@H]2C([2H])([2H])[2H])c2cc[nH]c2n1.[2H]c1nc(N(C)[C@H]2CN(C(=O)C([2H])([2H])[N+]#[C-])CC[C@H]2C)c2cc[nH]c2n1. The van der Waals surface area contributed by atoms with E-state index in [1.54, 1.807) is 30.4 Å². The third kappa shape index (κ3) is 19.7. The number of aromatic amines is 5. The Morgan fingerprint density at radius 2 is 0.814 bits per heavy atom. The number of likely N-dealkylation sites (tertiary alicyclic amines) is 5. The van der Waals surface area contributed by atoms with Crippen LogP contribution in [0.3, 0.4) is 0 Å². The van der Waals surface area contributed by atoms with Crippen molar-refractivity contribution in [3.8, 4) is 0 Å². The number of fused-ring (bicyclic) bond motifs is 5. The molecule has 5 aliphatic rings. The number of nitrogens with zero attached hydrogens (tertiary/aromatic N) is 25. The largest absolute Gasteiger partial charge is 0.354 e. The number of carbonyl (C=O) groups excluding carboxylic acids is 5. The number of hydrogen-bond donors (Lipinski definition) is 5. The molecule has 10 atom stereocenters. The predicted molar refractivity (Wildman–Crippen MR) is 454 cm³/mol. The number of carbonyl (C=O) groups is 5. The molecule has 5 fully saturated rings. The van der Waals surface area contributed by atoms with Gasteiger partial charge in [-0.25, -0.2) is 82.7 Å². The molecule has 0 saturated carbocycles. The first-order valence-electron chi connectivity index (χ1n) is 62.4. The highest BCUT2D eigenvalue weighted by molar-refractivity contribution is 5.92. The third-order valence-corrected chi connectivity index (χ3v) is 17.8. The lowest BCUT2D eigenvalue weighted by Crippen LogP contribution is -2.53. The molecule has 5 N–H and O–H groups in total. The molecule has 5 amide bonds. The zero-order valence-electron chi connectivity index (χ0n) is 119. The zero-order valence-corrected chi connectivity index (χ0v) is 62.9. The molecule has 118 heavy (non-hydrogen) atoms. The fraction of sp³-hybridized carbons (Fsp3) is 0.518. The summed E-state index contributed by atoms with van der Waals surface area (Å²) in [5.74, 6) is -22.2. The minimum Gasteiger partial charge on any atom is -0.354 e. The van der Waals surface area contributed by atoms with E-state index in [2.05, 4.69) is 106 Å². The molecule has 618 valence electrons. The summed E-state index contributed by atoms with van der Waals surface area (Å²) in [5.41, 5.74) is 0.774. The highest BCUT2D eigenvalue weighted by atomic mass is 16.2. The maximum atomic E-state index is 13.2. The van der Waals surface area contributed by atoms with Crippen LogP contribution in [-0.4, -0.2) is 292 Å². The molecule has 35 heteroatoms. The number of rotatable bonds is 15. The average molecular weight is 1660 g/mol. The molecule has 0 spiro atoms. The smallest absolute Gasteiger partial charge is 0.302 e. The number of hydrogen-bond acceptors (Lipinski definition) is 20. The van der Waals surface area contributed by atoms with Gasteiger partial charge < -0.3 is 98.1 Å². The molecule has 10 aromatic rings. The van der Waals surface area contributed by atoms with Gasteiger partial charge in [-0.1, -0.05) is 34.4 Å². The predicted octanol–water partition coefficient (Wildman–Crippen LogP) is 8.68. The fourth-order valence-corrected chi connectivity index (χ4v) is 12.1. The van der Waals surface area contributed by atoms with Crippen molar-refractivity contribution in [3.05, 3.63) is 148 Å². The van der Waals surface area contributed by atoms with E-state index in [0.717, 1.165) is 18.0 Å². The maximum absolute atomic E-state index is 13.2. The molecule has 10 aromatic heterocycles. The van der Waals surface area contributed by atoms with Gasteiger partial charge in [0.05, 0.1) is 73.5 Å². The summed E-state index contributed by atoms with van der Waals surface area (Å²) in [4.78, 5) is 133. The number of aryl methyl sites for hydroxylation is 3. The molecule has 35 nitrogen and oxygen atoms in total. The number of likely N-dealkylation sites (N-methyl/N-ethyl adjacent to an activating group) is 5. The normalized spacial score (nSPS) is 36.2. The van der Waals surface area contributed by atoms with Gasteiger partial charge in [-0.05, 0) is 113 Å². The number of aromatic nitrogens is 15. The van der Waals surface area contributed by atoms with Crippen molar-refractivity contribution < 1.29 is 101 Å². The van der Waals surface area contributed by atoms with Crippen LogP contribution >= 0.6 is 0 Å².